The van der Waals surface area contributed by atoms with E-state index in [9.17, 15) is 9.59 Å². The molecule has 0 atom stereocenters. The molecule has 2 heterocycles. The number of thiazole rings is 1. The third-order valence-electron chi connectivity index (χ3n) is 3.24. The van der Waals surface area contributed by atoms with Crippen molar-refractivity contribution in [2.24, 2.45) is 0 Å². The lowest BCUT2D eigenvalue weighted by Gasteiger charge is -2.03. The fraction of sp³-hybridized carbons (Fsp3) is 0.0588. The van der Waals surface area contributed by atoms with Crippen molar-refractivity contribution in [3.63, 3.8) is 0 Å². The summed E-state index contributed by atoms with van der Waals surface area (Å²) in [4.78, 5) is 33.1. The molecule has 0 aliphatic heterocycles. The maximum absolute atomic E-state index is 12.4. The van der Waals surface area contributed by atoms with Crippen LogP contribution in [0, 0.1) is 0 Å². The van der Waals surface area contributed by atoms with Crippen molar-refractivity contribution in [3.05, 3.63) is 63.2 Å². The average Bonchev–Trinajstić information content (AvgIpc) is 3.02. The minimum Gasteiger partial charge on any atom is -0.296 e. The summed E-state index contributed by atoms with van der Waals surface area (Å²) in [5, 5.41) is 3.24. The first-order valence-electron chi connectivity index (χ1n) is 7.16. The first-order chi connectivity index (χ1) is 12.0. The summed E-state index contributed by atoms with van der Waals surface area (Å²) in [6.45, 7) is 1.46. The number of carbonyl (C=O) groups excluding carboxylic acids is 2. The second-order valence-corrected chi connectivity index (χ2v) is 6.83. The van der Waals surface area contributed by atoms with E-state index in [1.54, 1.807) is 0 Å². The Balaban J connectivity index is 1.95. The molecule has 5 nitrogen and oxygen atoms in total. The minimum absolute atomic E-state index is 0.00463. The van der Waals surface area contributed by atoms with Gasteiger partial charge in [0.15, 0.2) is 10.9 Å². The number of nitrogens with one attached hydrogen (secondary N) is 1. The van der Waals surface area contributed by atoms with Crippen LogP contribution in [0.25, 0.3) is 11.3 Å². The van der Waals surface area contributed by atoms with Gasteiger partial charge in [-0.3, -0.25) is 14.9 Å². The quantitative estimate of drug-likeness (QED) is 0.503. The summed E-state index contributed by atoms with van der Waals surface area (Å²) in [6, 6.07) is 12.3. The molecule has 25 heavy (non-hydrogen) atoms. The monoisotopic (exact) mass is 391 g/mol. The second-order valence-electron chi connectivity index (χ2n) is 5.04. The molecule has 1 N–H and O–H groups in total. The third kappa shape index (κ3) is 3.87. The van der Waals surface area contributed by atoms with Crippen LogP contribution in [0.3, 0.4) is 0 Å². The number of rotatable bonds is 4. The number of hydrogen-bond donors (Lipinski definition) is 1. The number of pyridine rings is 1. The molecule has 1 amide bonds. The molecule has 0 unspecified atom stereocenters. The van der Waals surface area contributed by atoms with Gasteiger partial charge in [-0.2, -0.15) is 0 Å². The number of hydrogen-bond acceptors (Lipinski definition) is 5. The van der Waals surface area contributed by atoms with Crippen LogP contribution in [0.2, 0.25) is 10.2 Å². The summed E-state index contributed by atoms with van der Waals surface area (Å²) < 4.78 is 0. The van der Waals surface area contributed by atoms with Gasteiger partial charge in [0.2, 0.25) is 0 Å². The molecule has 0 spiro atoms. The number of anilines is 1. The summed E-state index contributed by atoms with van der Waals surface area (Å²) in [6.07, 6.45) is 0. The minimum atomic E-state index is -0.545. The van der Waals surface area contributed by atoms with Crippen LogP contribution in [0.5, 0.6) is 0 Å². The zero-order chi connectivity index (χ0) is 18.0. The molecular weight excluding hydrogens is 381 g/mol. The number of halogens is 2. The second kappa shape index (κ2) is 7.31. The number of ketones is 1. The molecule has 0 bridgehead atoms. The highest BCUT2D eigenvalue weighted by atomic mass is 35.5. The van der Waals surface area contributed by atoms with E-state index in [4.69, 9.17) is 23.2 Å². The van der Waals surface area contributed by atoms with Gasteiger partial charge in [0.05, 0.1) is 15.6 Å². The van der Waals surface area contributed by atoms with Crippen LogP contribution >= 0.6 is 34.5 Å². The Kier molecular flexibility index (Phi) is 5.13. The number of carbonyl (C=O) groups is 2. The Morgan fingerprint density at radius 1 is 1.04 bits per heavy atom. The number of nitrogens with zero attached hydrogens (tertiary/aromatic N) is 2. The van der Waals surface area contributed by atoms with Crippen LogP contribution in [0.15, 0.2) is 42.5 Å². The SMILES string of the molecule is CC(=O)c1sc(NC(=O)c2nc(Cl)ccc2Cl)nc1-c1ccccc1. The van der Waals surface area contributed by atoms with Crippen LogP contribution in [0.1, 0.15) is 27.1 Å². The molecule has 1 aromatic carbocycles. The topological polar surface area (TPSA) is 72.0 Å². The number of benzene rings is 1. The van der Waals surface area contributed by atoms with E-state index in [-0.39, 0.29) is 26.8 Å². The number of aromatic nitrogens is 2. The molecule has 3 rings (SSSR count). The Bertz CT molecular complexity index is 958. The first-order valence-corrected chi connectivity index (χ1v) is 8.73. The highest BCUT2D eigenvalue weighted by Gasteiger charge is 2.20. The summed E-state index contributed by atoms with van der Waals surface area (Å²) in [5.41, 5.74) is 1.32. The Labute approximate surface area is 157 Å². The van der Waals surface area contributed by atoms with E-state index >= 15 is 0 Å². The molecule has 2 aromatic heterocycles. The van der Waals surface area contributed by atoms with E-state index < -0.39 is 5.91 Å². The van der Waals surface area contributed by atoms with E-state index in [1.807, 2.05) is 30.3 Å². The van der Waals surface area contributed by atoms with Gasteiger partial charge in [-0.25, -0.2) is 9.97 Å². The highest BCUT2D eigenvalue weighted by molar-refractivity contribution is 7.18. The van der Waals surface area contributed by atoms with E-state index in [2.05, 4.69) is 15.3 Å². The van der Waals surface area contributed by atoms with Crippen LogP contribution < -0.4 is 5.32 Å². The molecule has 8 heteroatoms. The van der Waals surface area contributed by atoms with Crippen molar-refractivity contribution >= 4 is 51.4 Å². The normalized spacial score (nSPS) is 10.5. The number of Topliss-reactive ketones (excluding diaryl/α,β-unsaturated/α-hetero) is 1. The molecular formula is C17H11Cl2N3O2S. The van der Waals surface area contributed by atoms with Crippen LogP contribution in [0.4, 0.5) is 5.13 Å². The number of amides is 1. The molecule has 126 valence electrons. The van der Waals surface area contributed by atoms with E-state index in [0.29, 0.717) is 10.6 Å². The standard InChI is InChI=1S/C17H11Cl2N3O2S/c1-9(23)15-13(10-5-3-2-4-6-10)21-17(25-15)22-16(24)14-11(18)7-8-12(19)20-14/h2-8H,1H3,(H,21,22,24). The predicted octanol–water partition coefficient (Wildman–Crippen LogP) is 4.97. The summed E-state index contributed by atoms with van der Waals surface area (Å²) in [7, 11) is 0. The Hall–Kier alpha value is -2.28. The molecule has 0 saturated carbocycles. The van der Waals surface area contributed by atoms with Gasteiger partial charge in [-0.05, 0) is 12.1 Å². The predicted molar refractivity (Wildman–Crippen MR) is 99.8 cm³/mol. The maximum Gasteiger partial charge on any atom is 0.277 e. The highest BCUT2D eigenvalue weighted by Crippen LogP contribution is 2.32. The third-order valence-corrected chi connectivity index (χ3v) is 4.83. The molecule has 0 aliphatic rings. The van der Waals surface area contributed by atoms with Gasteiger partial charge in [0.1, 0.15) is 10.8 Å². The Morgan fingerprint density at radius 2 is 1.76 bits per heavy atom. The summed E-state index contributed by atoms with van der Waals surface area (Å²) >= 11 is 12.9. The van der Waals surface area contributed by atoms with Crippen molar-refractivity contribution in [2.45, 2.75) is 6.92 Å². The average molecular weight is 392 g/mol. The Morgan fingerprint density at radius 3 is 2.44 bits per heavy atom. The van der Waals surface area contributed by atoms with Gasteiger partial charge in [0.25, 0.3) is 5.91 Å². The zero-order valence-corrected chi connectivity index (χ0v) is 15.2. The van der Waals surface area contributed by atoms with Crippen molar-refractivity contribution in [2.75, 3.05) is 5.32 Å². The van der Waals surface area contributed by atoms with Gasteiger partial charge in [-0.1, -0.05) is 64.9 Å². The maximum atomic E-state index is 12.4. The van der Waals surface area contributed by atoms with E-state index in [1.165, 1.54) is 19.1 Å². The van der Waals surface area contributed by atoms with Crippen LogP contribution in [-0.2, 0) is 0 Å². The van der Waals surface area contributed by atoms with Gasteiger partial charge in [0, 0.05) is 12.5 Å². The lowest BCUT2D eigenvalue weighted by Crippen LogP contribution is -2.14. The lowest BCUT2D eigenvalue weighted by atomic mass is 10.1. The zero-order valence-electron chi connectivity index (χ0n) is 12.9. The van der Waals surface area contributed by atoms with Gasteiger partial charge in [-0.15, -0.1) is 0 Å². The smallest absolute Gasteiger partial charge is 0.277 e. The first kappa shape index (κ1) is 17.5. The van der Waals surface area contributed by atoms with E-state index in [0.717, 1.165) is 16.9 Å². The van der Waals surface area contributed by atoms with Gasteiger partial charge < -0.3 is 0 Å². The molecule has 0 aliphatic carbocycles. The van der Waals surface area contributed by atoms with Crippen molar-refractivity contribution < 1.29 is 9.59 Å². The fourth-order valence-corrected chi connectivity index (χ4v) is 3.35. The van der Waals surface area contributed by atoms with Gasteiger partial charge >= 0.3 is 0 Å². The molecule has 0 radical (unpaired) electrons. The molecule has 0 fully saturated rings. The molecule has 0 saturated heterocycles. The molecule has 3 aromatic rings. The van der Waals surface area contributed by atoms with Crippen molar-refractivity contribution in [1.29, 1.82) is 0 Å². The largest absolute Gasteiger partial charge is 0.296 e. The lowest BCUT2D eigenvalue weighted by molar-refractivity contribution is 0.101. The fourth-order valence-electron chi connectivity index (χ4n) is 2.14. The van der Waals surface area contributed by atoms with Crippen molar-refractivity contribution in [3.8, 4) is 11.3 Å². The van der Waals surface area contributed by atoms with Crippen molar-refractivity contribution in [1.82, 2.24) is 9.97 Å². The van der Waals surface area contributed by atoms with Crippen LogP contribution in [-0.4, -0.2) is 21.7 Å². The summed E-state index contributed by atoms with van der Waals surface area (Å²) in [5.74, 6) is -0.674.